The highest BCUT2D eigenvalue weighted by molar-refractivity contribution is 5.23. The van der Waals surface area contributed by atoms with Gasteiger partial charge in [-0.15, -0.1) is 0 Å². The second-order valence-corrected chi connectivity index (χ2v) is 5.05. The maximum Gasteiger partial charge on any atom is 0.0294 e. The van der Waals surface area contributed by atoms with Crippen LogP contribution in [0.3, 0.4) is 0 Å². The van der Waals surface area contributed by atoms with Crippen molar-refractivity contribution in [3.63, 3.8) is 0 Å². The summed E-state index contributed by atoms with van der Waals surface area (Å²) in [5.74, 6) is 0. The highest BCUT2D eigenvalue weighted by Gasteiger charge is 2.10. The molecule has 2 unspecified atom stereocenters. The van der Waals surface area contributed by atoms with Crippen molar-refractivity contribution in [3.05, 3.63) is 35.4 Å². The van der Waals surface area contributed by atoms with Crippen molar-refractivity contribution in [3.8, 4) is 0 Å². The molecule has 17 heavy (non-hydrogen) atoms. The lowest BCUT2D eigenvalue weighted by atomic mass is 10.0. The van der Waals surface area contributed by atoms with Gasteiger partial charge >= 0.3 is 0 Å². The molecule has 0 aliphatic carbocycles. The Hall–Kier alpha value is -0.820. The molecule has 0 radical (unpaired) electrons. The van der Waals surface area contributed by atoms with E-state index in [1.54, 1.807) is 0 Å². The molecule has 1 N–H and O–H groups in total. The molecule has 96 valence electrons. The Labute approximate surface area is 107 Å². The molecule has 1 heteroatoms. The van der Waals surface area contributed by atoms with Gasteiger partial charge in [-0.3, -0.25) is 0 Å². The van der Waals surface area contributed by atoms with E-state index in [1.165, 1.54) is 36.8 Å². The van der Waals surface area contributed by atoms with Gasteiger partial charge < -0.3 is 5.32 Å². The van der Waals surface area contributed by atoms with Crippen molar-refractivity contribution in [2.75, 3.05) is 0 Å². The molecule has 0 aromatic heterocycles. The highest BCUT2D eigenvalue weighted by atomic mass is 14.9. The third-order valence-corrected chi connectivity index (χ3v) is 3.46. The number of nitrogens with one attached hydrogen (secondary N) is 1. The van der Waals surface area contributed by atoms with E-state index < -0.39 is 0 Å². The molecule has 0 aliphatic rings. The SMILES string of the molecule is CCCCC(CC)NC(C)c1ccc(C)cc1. The smallest absolute Gasteiger partial charge is 0.0294 e. The van der Waals surface area contributed by atoms with Gasteiger partial charge in [-0.05, 0) is 32.3 Å². The maximum atomic E-state index is 3.74. The second kappa shape index (κ2) is 7.50. The van der Waals surface area contributed by atoms with Gasteiger partial charge in [0.2, 0.25) is 0 Å². The zero-order chi connectivity index (χ0) is 12.7. The van der Waals surface area contributed by atoms with E-state index in [4.69, 9.17) is 0 Å². The lowest BCUT2D eigenvalue weighted by molar-refractivity contribution is 0.410. The first-order valence-electron chi connectivity index (χ1n) is 7.00. The molecule has 0 aliphatic heterocycles. The van der Waals surface area contributed by atoms with Crippen LogP contribution in [0.25, 0.3) is 0 Å². The number of hydrogen-bond acceptors (Lipinski definition) is 1. The standard InChI is InChI=1S/C16H27N/c1-5-7-8-16(6-2)17-14(4)15-11-9-13(3)10-12-15/h9-12,14,16-17H,5-8H2,1-4H3. The Morgan fingerprint density at radius 2 is 1.76 bits per heavy atom. The van der Waals surface area contributed by atoms with E-state index in [0.717, 1.165) is 0 Å². The first-order chi connectivity index (χ1) is 8.17. The molecule has 0 saturated heterocycles. The monoisotopic (exact) mass is 233 g/mol. The summed E-state index contributed by atoms with van der Waals surface area (Å²) >= 11 is 0. The van der Waals surface area contributed by atoms with E-state index in [0.29, 0.717) is 12.1 Å². The molecular weight excluding hydrogens is 206 g/mol. The van der Waals surface area contributed by atoms with Crippen LogP contribution < -0.4 is 5.32 Å². The molecule has 0 saturated carbocycles. The normalized spacial score (nSPS) is 14.6. The average Bonchev–Trinajstić information content (AvgIpc) is 2.35. The molecule has 0 spiro atoms. The van der Waals surface area contributed by atoms with E-state index in [-0.39, 0.29) is 0 Å². The van der Waals surface area contributed by atoms with Crippen LogP contribution >= 0.6 is 0 Å². The first kappa shape index (κ1) is 14.2. The quantitative estimate of drug-likeness (QED) is 0.725. The van der Waals surface area contributed by atoms with Gasteiger partial charge in [0, 0.05) is 12.1 Å². The fourth-order valence-electron chi connectivity index (χ4n) is 2.16. The number of unbranched alkanes of at least 4 members (excludes halogenated alkanes) is 1. The third kappa shape index (κ3) is 4.91. The molecule has 1 aromatic rings. The third-order valence-electron chi connectivity index (χ3n) is 3.46. The largest absolute Gasteiger partial charge is 0.307 e. The summed E-state index contributed by atoms with van der Waals surface area (Å²) in [5, 5.41) is 3.74. The highest BCUT2D eigenvalue weighted by Crippen LogP contribution is 2.16. The lowest BCUT2D eigenvalue weighted by Gasteiger charge is -2.22. The molecule has 0 amide bonds. The fourth-order valence-corrected chi connectivity index (χ4v) is 2.16. The van der Waals surface area contributed by atoms with Gasteiger partial charge in [-0.1, -0.05) is 56.5 Å². The number of rotatable bonds is 7. The van der Waals surface area contributed by atoms with Crippen LogP contribution in [0.1, 0.15) is 63.6 Å². The minimum absolute atomic E-state index is 0.456. The summed E-state index contributed by atoms with van der Waals surface area (Å²) < 4.78 is 0. The minimum Gasteiger partial charge on any atom is -0.307 e. The van der Waals surface area contributed by atoms with Crippen molar-refractivity contribution in [1.82, 2.24) is 5.32 Å². The van der Waals surface area contributed by atoms with Crippen LogP contribution in [0.5, 0.6) is 0 Å². The van der Waals surface area contributed by atoms with E-state index >= 15 is 0 Å². The molecule has 0 bridgehead atoms. The van der Waals surface area contributed by atoms with Crippen LogP contribution in [0, 0.1) is 6.92 Å². The first-order valence-corrected chi connectivity index (χ1v) is 7.00. The summed E-state index contributed by atoms with van der Waals surface area (Å²) in [7, 11) is 0. The Morgan fingerprint density at radius 3 is 2.29 bits per heavy atom. The molecule has 0 heterocycles. The summed E-state index contributed by atoms with van der Waals surface area (Å²) in [4.78, 5) is 0. The van der Waals surface area contributed by atoms with Crippen molar-refractivity contribution < 1.29 is 0 Å². The van der Waals surface area contributed by atoms with Crippen molar-refractivity contribution in [2.24, 2.45) is 0 Å². The molecule has 2 atom stereocenters. The second-order valence-electron chi connectivity index (χ2n) is 5.05. The molecule has 0 fully saturated rings. The number of hydrogen-bond donors (Lipinski definition) is 1. The lowest BCUT2D eigenvalue weighted by Crippen LogP contribution is -2.30. The number of benzene rings is 1. The van der Waals surface area contributed by atoms with Crippen LogP contribution in [0.15, 0.2) is 24.3 Å². The van der Waals surface area contributed by atoms with Crippen LogP contribution in [0.2, 0.25) is 0 Å². The van der Waals surface area contributed by atoms with Gasteiger partial charge in [0.25, 0.3) is 0 Å². The van der Waals surface area contributed by atoms with Gasteiger partial charge in [-0.2, -0.15) is 0 Å². The van der Waals surface area contributed by atoms with E-state index in [9.17, 15) is 0 Å². The average molecular weight is 233 g/mol. The van der Waals surface area contributed by atoms with Crippen LogP contribution in [0.4, 0.5) is 0 Å². The predicted molar refractivity (Wildman–Crippen MR) is 76.3 cm³/mol. The summed E-state index contributed by atoms with van der Waals surface area (Å²) in [5.41, 5.74) is 2.73. The van der Waals surface area contributed by atoms with Crippen molar-refractivity contribution >= 4 is 0 Å². The topological polar surface area (TPSA) is 12.0 Å². The van der Waals surface area contributed by atoms with Gasteiger partial charge in [0.05, 0.1) is 0 Å². The minimum atomic E-state index is 0.456. The zero-order valence-electron chi connectivity index (χ0n) is 11.8. The zero-order valence-corrected chi connectivity index (χ0v) is 11.8. The van der Waals surface area contributed by atoms with Crippen molar-refractivity contribution in [1.29, 1.82) is 0 Å². The summed E-state index contributed by atoms with van der Waals surface area (Å²) in [6, 6.07) is 9.98. The summed E-state index contributed by atoms with van der Waals surface area (Å²) in [6.45, 7) is 8.93. The van der Waals surface area contributed by atoms with Crippen LogP contribution in [-0.2, 0) is 0 Å². The maximum absolute atomic E-state index is 3.74. The fraction of sp³-hybridized carbons (Fsp3) is 0.625. The molecule has 1 rings (SSSR count). The Balaban J connectivity index is 2.51. The number of aryl methyl sites for hydroxylation is 1. The van der Waals surface area contributed by atoms with Gasteiger partial charge in [0.1, 0.15) is 0 Å². The van der Waals surface area contributed by atoms with E-state index in [2.05, 4.69) is 57.3 Å². The molecule has 1 nitrogen and oxygen atoms in total. The van der Waals surface area contributed by atoms with Crippen molar-refractivity contribution in [2.45, 2.75) is 65.5 Å². The van der Waals surface area contributed by atoms with E-state index in [1.807, 2.05) is 0 Å². The Morgan fingerprint density at radius 1 is 1.12 bits per heavy atom. The summed E-state index contributed by atoms with van der Waals surface area (Å²) in [6.07, 6.45) is 5.13. The molecule has 1 aromatic carbocycles. The Kier molecular flexibility index (Phi) is 6.28. The molecular formula is C16H27N. The van der Waals surface area contributed by atoms with Crippen LogP contribution in [-0.4, -0.2) is 6.04 Å². The van der Waals surface area contributed by atoms with Gasteiger partial charge in [-0.25, -0.2) is 0 Å². The van der Waals surface area contributed by atoms with Gasteiger partial charge in [0.15, 0.2) is 0 Å². The predicted octanol–water partition coefficient (Wildman–Crippen LogP) is 4.61. The Bertz CT molecular complexity index is 302.